The van der Waals surface area contributed by atoms with Gasteiger partial charge in [0.1, 0.15) is 34.6 Å². The first-order valence-corrected chi connectivity index (χ1v) is 32.8. The molecule has 0 aliphatic heterocycles. The molecule has 8 aromatic carbocycles. The summed E-state index contributed by atoms with van der Waals surface area (Å²) in [7, 11) is 0. The maximum Gasteiger partial charge on any atom is 0.147 e. The maximum absolute atomic E-state index is 15.9. The van der Waals surface area contributed by atoms with E-state index >= 15 is 8.78 Å². The van der Waals surface area contributed by atoms with Gasteiger partial charge in [0.2, 0.25) is 0 Å². The number of ether oxygens (including phenoxy) is 2. The van der Waals surface area contributed by atoms with Crippen LogP contribution in [0.5, 0.6) is 23.0 Å². The lowest BCUT2D eigenvalue weighted by Gasteiger charge is -2.34. The number of fused-ring (bicyclic) bond motifs is 6. The molecule has 10 aromatic rings. The molecule has 0 unspecified atom stereocenters. The number of benzene rings is 8. The van der Waals surface area contributed by atoms with Gasteiger partial charge in [-0.3, -0.25) is 0 Å². The van der Waals surface area contributed by atoms with Crippen LogP contribution in [0.2, 0.25) is 0 Å². The van der Waals surface area contributed by atoms with E-state index in [1.165, 1.54) is 46.5 Å². The zero-order valence-electron chi connectivity index (χ0n) is 58.6. The highest BCUT2D eigenvalue weighted by Gasteiger charge is 2.34. The van der Waals surface area contributed by atoms with Crippen LogP contribution in [0.15, 0.2) is 133 Å². The van der Waals surface area contributed by atoms with Gasteiger partial charge in [0, 0.05) is 50.2 Å². The summed E-state index contributed by atoms with van der Waals surface area (Å²) in [5.41, 5.74) is 12.4. The highest BCUT2D eigenvalue weighted by atomic mass is 19.1. The number of nitrogens with zero attached hydrogens (tertiary/aromatic N) is 2. The van der Waals surface area contributed by atoms with Crippen LogP contribution < -0.4 is 9.47 Å². The summed E-state index contributed by atoms with van der Waals surface area (Å²) in [4.78, 5) is 0. The summed E-state index contributed by atoms with van der Waals surface area (Å²) in [6.07, 6.45) is 2.06. The Hall–Kier alpha value is -7.58. The van der Waals surface area contributed by atoms with Crippen LogP contribution in [-0.2, 0) is 32.5 Å². The standard InChI is InChI=1S/C83H100F2N2O4/c1-76(2,3)48-82(19,20)54-42-64(74(88)70(44-54)86-66-30-24-50(78(7,8)9)38-58(66)59-39-51(79(10,11)12)25-31-67(59)86)62-46-56(84)28-34-72(62)90-36-23-37-91-73-35-29-57(85)47-63(73)65-43-55(83(21,22)49-77(4,5)6)45-71(75(65)89)87-68-32-26-52(80(13,14)15)40-60(68)61-41-53(81(16,17)18)27-33-69(61)87/h24-35,38-47,88-89H,23,36-37,48-49H2,1-22H3. The summed E-state index contributed by atoms with van der Waals surface area (Å²) in [6, 6.07) is 43.9. The number of phenols is 2. The molecule has 0 saturated carbocycles. The minimum absolute atomic E-state index is 0.0105. The Balaban J connectivity index is 1.04. The van der Waals surface area contributed by atoms with Crippen molar-refractivity contribution in [3.63, 3.8) is 0 Å². The summed E-state index contributed by atoms with van der Waals surface area (Å²) >= 11 is 0. The number of hydrogen-bond acceptors (Lipinski definition) is 4. The van der Waals surface area contributed by atoms with E-state index in [4.69, 9.17) is 9.47 Å². The van der Waals surface area contributed by atoms with Gasteiger partial charge in [0.15, 0.2) is 0 Å². The van der Waals surface area contributed by atoms with Crippen LogP contribution in [0.1, 0.15) is 205 Å². The van der Waals surface area contributed by atoms with Crippen LogP contribution in [0, 0.1) is 22.5 Å². The number of aromatic hydroxyl groups is 2. The average molecular weight is 1230 g/mol. The normalized spacial score (nSPS) is 13.4. The quantitative estimate of drug-likeness (QED) is 0.106. The molecular formula is C83H100F2N2O4. The summed E-state index contributed by atoms with van der Waals surface area (Å²) in [5, 5.41) is 30.4. The van der Waals surface area contributed by atoms with Crippen LogP contribution in [-0.4, -0.2) is 32.6 Å². The first-order valence-electron chi connectivity index (χ1n) is 32.8. The molecule has 0 atom stereocenters. The largest absolute Gasteiger partial charge is 0.505 e. The van der Waals surface area contributed by atoms with Gasteiger partial charge in [-0.25, -0.2) is 8.78 Å². The van der Waals surface area contributed by atoms with Crippen molar-refractivity contribution in [3.8, 4) is 56.6 Å². The lowest BCUT2D eigenvalue weighted by molar-refractivity contribution is 0.248. The SMILES string of the molecule is CC(C)(C)CC(C)(C)c1cc(-c2cc(F)ccc2OCCCOc2ccc(F)cc2-c2cc(C(C)(C)CC(C)(C)C)cc(-n3c4ccc(C(C)(C)C)cc4c4cc(C(C)(C)C)ccc43)c2O)c(O)c(-n2c3ccc(C(C)(C)C)cc3c3cc(C(C)(C)C)ccc32)c1. The predicted molar refractivity (Wildman–Crippen MR) is 380 cm³/mol. The molecule has 0 aliphatic carbocycles. The molecule has 91 heavy (non-hydrogen) atoms. The number of hydrogen-bond donors (Lipinski definition) is 2. The smallest absolute Gasteiger partial charge is 0.147 e. The molecule has 10 rings (SSSR count). The minimum atomic E-state index is -0.462. The minimum Gasteiger partial charge on any atom is -0.505 e. The van der Waals surface area contributed by atoms with E-state index in [1.54, 1.807) is 12.1 Å². The molecule has 2 N–H and O–H groups in total. The number of rotatable bonds is 14. The van der Waals surface area contributed by atoms with Crippen molar-refractivity contribution in [1.29, 1.82) is 0 Å². The predicted octanol–water partition coefficient (Wildman–Crippen LogP) is 23.4. The highest BCUT2D eigenvalue weighted by Crippen LogP contribution is 2.51. The van der Waals surface area contributed by atoms with Gasteiger partial charge in [0.05, 0.1) is 46.7 Å². The third-order valence-corrected chi connectivity index (χ3v) is 18.4. The van der Waals surface area contributed by atoms with Gasteiger partial charge in [-0.2, -0.15) is 0 Å². The summed E-state index contributed by atoms with van der Waals surface area (Å²) in [6.45, 7) is 49.5. The molecule has 2 heterocycles. The molecule has 2 aromatic heterocycles. The molecule has 0 fully saturated rings. The Morgan fingerprint density at radius 1 is 0.330 bits per heavy atom. The molecule has 6 nitrogen and oxygen atoms in total. The first kappa shape index (κ1) is 66.3. The monoisotopic (exact) mass is 1230 g/mol. The number of halogens is 2. The van der Waals surface area contributed by atoms with E-state index in [-0.39, 0.29) is 68.0 Å². The zero-order valence-corrected chi connectivity index (χ0v) is 58.6. The second-order valence-electron chi connectivity index (χ2n) is 34.0. The fourth-order valence-corrected chi connectivity index (χ4v) is 14.2. The molecule has 0 spiro atoms. The van der Waals surface area contributed by atoms with Gasteiger partial charge in [-0.1, -0.05) is 177 Å². The van der Waals surface area contributed by atoms with Crippen LogP contribution in [0.3, 0.4) is 0 Å². The molecule has 0 aliphatic rings. The van der Waals surface area contributed by atoms with Crippen LogP contribution in [0.25, 0.3) is 77.2 Å². The van der Waals surface area contributed by atoms with Crippen LogP contribution >= 0.6 is 0 Å². The van der Waals surface area contributed by atoms with Crippen molar-refractivity contribution >= 4 is 43.6 Å². The lowest BCUT2D eigenvalue weighted by atomic mass is 9.71. The second kappa shape index (κ2) is 23.2. The van der Waals surface area contributed by atoms with Crippen molar-refractivity contribution in [3.05, 3.63) is 178 Å². The van der Waals surface area contributed by atoms with Crippen molar-refractivity contribution < 1.29 is 28.5 Å². The van der Waals surface area contributed by atoms with Crippen molar-refractivity contribution in [2.45, 2.75) is 204 Å². The molecule has 0 amide bonds. The fraction of sp³-hybridized carbons (Fsp3) is 0.422. The van der Waals surface area contributed by atoms with Gasteiger partial charge < -0.3 is 28.8 Å². The fourth-order valence-electron chi connectivity index (χ4n) is 14.2. The van der Waals surface area contributed by atoms with E-state index < -0.39 is 11.6 Å². The molecule has 0 saturated heterocycles. The second-order valence-corrected chi connectivity index (χ2v) is 34.0. The molecule has 0 radical (unpaired) electrons. The van der Waals surface area contributed by atoms with Crippen molar-refractivity contribution in [2.24, 2.45) is 10.8 Å². The Morgan fingerprint density at radius 3 is 0.879 bits per heavy atom. The lowest BCUT2D eigenvalue weighted by Crippen LogP contribution is -2.25. The molecular weight excluding hydrogens is 1130 g/mol. The summed E-state index contributed by atoms with van der Waals surface area (Å²) < 4.78 is 49.6. The van der Waals surface area contributed by atoms with Gasteiger partial charge >= 0.3 is 0 Å². The Labute approximate surface area is 541 Å². The molecule has 480 valence electrons. The van der Waals surface area contributed by atoms with E-state index in [0.29, 0.717) is 51.5 Å². The topological polar surface area (TPSA) is 68.8 Å². The van der Waals surface area contributed by atoms with E-state index in [1.807, 2.05) is 12.1 Å². The van der Waals surface area contributed by atoms with Crippen LogP contribution in [0.4, 0.5) is 8.78 Å². The van der Waals surface area contributed by atoms with E-state index in [2.05, 4.69) is 246 Å². The Bertz CT molecular complexity index is 4000. The number of phenolic OH excluding ortho intramolecular Hbond substituents is 2. The highest BCUT2D eigenvalue weighted by molar-refractivity contribution is 6.11. The first-order chi connectivity index (χ1) is 42.0. The van der Waals surface area contributed by atoms with Crippen molar-refractivity contribution in [1.82, 2.24) is 9.13 Å². The van der Waals surface area contributed by atoms with E-state index in [9.17, 15) is 10.2 Å². The third kappa shape index (κ3) is 13.5. The van der Waals surface area contributed by atoms with Gasteiger partial charge in [0.25, 0.3) is 0 Å². The zero-order chi connectivity index (χ0) is 66.7. The Morgan fingerprint density at radius 2 is 0.615 bits per heavy atom. The van der Waals surface area contributed by atoms with Gasteiger partial charge in [-0.05, 0) is 199 Å². The summed E-state index contributed by atoms with van der Waals surface area (Å²) in [5.74, 6) is -0.0900. The number of aromatic nitrogens is 2. The third-order valence-electron chi connectivity index (χ3n) is 18.4. The molecule has 8 heteroatoms. The van der Waals surface area contributed by atoms with Crippen molar-refractivity contribution in [2.75, 3.05) is 13.2 Å². The van der Waals surface area contributed by atoms with E-state index in [0.717, 1.165) is 67.6 Å². The van der Waals surface area contributed by atoms with Gasteiger partial charge in [-0.15, -0.1) is 0 Å². The maximum atomic E-state index is 15.9. The molecule has 0 bridgehead atoms. The Kier molecular flexibility index (Phi) is 16.9. The average Bonchev–Trinajstić information content (AvgIpc) is 1.62.